The molecule has 0 radical (unpaired) electrons. The first-order chi connectivity index (χ1) is 11.5. The molecule has 3 rings (SSSR count). The van der Waals surface area contributed by atoms with Gasteiger partial charge in [-0.05, 0) is 30.5 Å². The fourth-order valence-electron chi connectivity index (χ4n) is 2.48. The quantitative estimate of drug-likeness (QED) is 0.566. The molecule has 7 nitrogen and oxygen atoms in total. The van der Waals surface area contributed by atoms with Crippen LogP contribution in [0.25, 0.3) is 0 Å². The lowest BCUT2D eigenvalue weighted by atomic mass is 10.2. The van der Waals surface area contributed by atoms with E-state index in [2.05, 4.69) is 4.98 Å². The normalized spacial score (nSPS) is 14.7. The summed E-state index contributed by atoms with van der Waals surface area (Å²) in [6.07, 6.45) is 3.35. The van der Waals surface area contributed by atoms with Gasteiger partial charge in [0.15, 0.2) is 0 Å². The Morgan fingerprint density at radius 3 is 2.42 bits per heavy atom. The number of hydrogen-bond acceptors (Lipinski definition) is 5. The van der Waals surface area contributed by atoms with Crippen LogP contribution in [0.4, 0.5) is 5.69 Å². The van der Waals surface area contributed by atoms with Crippen molar-refractivity contribution in [2.24, 2.45) is 0 Å². The molecular formula is C16H17N3O4S. The highest BCUT2D eigenvalue weighted by Crippen LogP contribution is 2.32. The van der Waals surface area contributed by atoms with Gasteiger partial charge < -0.3 is 0 Å². The summed E-state index contributed by atoms with van der Waals surface area (Å²) in [5, 5.41) is 10.7. The van der Waals surface area contributed by atoms with E-state index in [1.807, 2.05) is 6.07 Å². The number of nitrogens with zero attached hydrogens (tertiary/aromatic N) is 3. The number of nitro benzene ring substituents is 1. The molecule has 1 heterocycles. The van der Waals surface area contributed by atoms with Crippen LogP contribution in [0.1, 0.15) is 24.1 Å². The van der Waals surface area contributed by atoms with Crippen molar-refractivity contribution in [3.8, 4) is 0 Å². The lowest BCUT2D eigenvalue weighted by molar-refractivity contribution is -0.384. The number of pyridine rings is 1. The van der Waals surface area contributed by atoms with E-state index in [-0.39, 0.29) is 24.0 Å². The molecule has 0 bridgehead atoms. The van der Waals surface area contributed by atoms with E-state index >= 15 is 0 Å². The van der Waals surface area contributed by atoms with Crippen molar-refractivity contribution >= 4 is 15.7 Å². The minimum Gasteiger partial charge on any atom is -0.260 e. The van der Waals surface area contributed by atoms with Crippen LogP contribution in [0.2, 0.25) is 0 Å². The second kappa shape index (κ2) is 6.66. The number of nitro groups is 1. The summed E-state index contributed by atoms with van der Waals surface area (Å²) < 4.78 is 27.0. The highest BCUT2D eigenvalue weighted by Gasteiger charge is 2.37. The maximum absolute atomic E-state index is 12.8. The van der Waals surface area contributed by atoms with Gasteiger partial charge in [-0.3, -0.25) is 15.1 Å². The average molecular weight is 347 g/mol. The van der Waals surface area contributed by atoms with Gasteiger partial charge >= 0.3 is 0 Å². The molecule has 1 aliphatic rings. The van der Waals surface area contributed by atoms with Gasteiger partial charge in [-0.25, -0.2) is 8.42 Å². The summed E-state index contributed by atoms with van der Waals surface area (Å²) in [4.78, 5) is 14.4. The number of aromatic nitrogens is 1. The van der Waals surface area contributed by atoms with E-state index in [1.165, 1.54) is 28.6 Å². The predicted molar refractivity (Wildman–Crippen MR) is 88.5 cm³/mol. The standard InChI is InChI=1S/C16H17N3O4S/c20-19(21)16-6-4-13(5-7-16)12-24(22,23)18(15-8-9-15)11-14-3-1-2-10-17-14/h1-7,10,15H,8-9,11-12H2. The fraction of sp³-hybridized carbons (Fsp3) is 0.312. The maximum Gasteiger partial charge on any atom is 0.269 e. The second-order valence-corrected chi connectivity index (χ2v) is 7.70. The summed E-state index contributed by atoms with van der Waals surface area (Å²) in [7, 11) is -3.52. The van der Waals surface area contributed by atoms with Gasteiger partial charge in [-0.15, -0.1) is 0 Å². The van der Waals surface area contributed by atoms with Gasteiger partial charge in [0.25, 0.3) is 5.69 Å². The monoisotopic (exact) mass is 347 g/mol. The first-order valence-corrected chi connectivity index (χ1v) is 9.19. The third-order valence-electron chi connectivity index (χ3n) is 3.85. The maximum atomic E-state index is 12.8. The van der Waals surface area contributed by atoms with E-state index in [0.717, 1.165) is 12.8 Å². The van der Waals surface area contributed by atoms with Crippen molar-refractivity contribution < 1.29 is 13.3 Å². The van der Waals surface area contributed by atoms with Crippen LogP contribution in [-0.4, -0.2) is 28.7 Å². The van der Waals surface area contributed by atoms with Crippen LogP contribution in [0.15, 0.2) is 48.7 Å². The zero-order valence-corrected chi connectivity index (χ0v) is 13.7. The van der Waals surface area contributed by atoms with Gasteiger partial charge in [-0.1, -0.05) is 18.2 Å². The topological polar surface area (TPSA) is 93.4 Å². The molecule has 126 valence electrons. The Balaban J connectivity index is 1.77. The van der Waals surface area contributed by atoms with E-state index in [9.17, 15) is 18.5 Å². The van der Waals surface area contributed by atoms with Crippen molar-refractivity contribution in [2.45, 2.75) is 31.2 Å². The molecular weight excluding hydrogens is 330 g/mol. The number of non-ortho nitro benzene ring substituents is 1. The summed E-state index contributed by atoms with van der Waals surface area (Å²) in [6, 6.07) is 11.1. The predicted octanol–water partition coefficient (Wildman–Crippen LogP) is 2.48. The molecule has 0 atom stereocenters. The summed E-state index contributed by atoms with van der Waals surface area (Å²) in [5.41, 5.74) is 1.19. The van der Waals surface area contributed by atoms with E-state index in [0.29, 0.717) is 11.3 Å². The summed E-state index contributed by atoms with van der Waals surface area (Å²) >= 11 is 0. The van der Waals surface area contributed by atoms with Gasteiger partial charge in [0, 0.05) is 24.4 Å². The number of sulfonamides is 1. The molecule has 0 amide bonds. The lowest BCUT2D eigenvalue weighted by Gasteiger charge is -2.21. The van der Waals surface area contributed by atoms with Gasteiger partial charge in [0.2, 0.25) is 10.0 Å². The van der Waals surface area contributed by atoms with Crippen molar-refractivity contribution in [1.82, 2.24) is 9.29 Å². The Bertz CT molecular complexity index is 818. The molecule has 8 heteroatoms. The SMILES string of the molecule is O=[N+]([O-])c1ccc(CS(=O)(=O)N(Cc2ccccn2)C2CC2)cc1. The Kier molecular flexibility index (Phi) is 4.59. The van der Waals surface area contributed by atoms with Crippen molar-refractivity contribution in [3.05, 3.63) is 70.0 Å². The fourth-order valence-corrected chi connectivity index (χ4v) is 4.25. The molecule has 1 aliphatic carbocycles. The molecule has 24 heavy (non-hydrogen) atoms. The highest BCUT2D eigenvalue weighted by atomic mass is 32.2. The molecule has 1 fully saturated rings. The molecule has 0 N–H and O–H groups in total. The molecule has 2 aromatic rings. The number of benzene rings is 1. The first-order valence-electron chi connectivity index (χ1n) is 7.58. The number of rotatable bonds is 7. The van der Waals surface area contributed by atoms with Crippen LogP contribution in [0.5, 0.6) is 0 Å². The Morgan fingerprint density at radius 1 is 1.17 bits per heavy atom. The van der Waals surface area contributed by atoms with Crippen molar-refractivity contribution in [3.63, 3.8) is 0 Å². The third kappa shape index (κ3) is 3.95. The van der Waals surface area contributed by atoms with E-state index < -0.39 is 14.9 Å². The Hall–Kier alpha value is -2.32. The summed E-state index contributed by atoms with van der Waals surface area (Å²) in [5.74, 6) is -0.172. The zero-order chi connectivity index (χ0) is 17.2. The van der Waals surface area contributed by atoms with Crippen LogP contribution in [0.3, 0.4) is 0 Å². The van der Waals surface area contributed by atoms with Crippen LogP contribution < -0.4 is 0 Å². The van der Waals surface area contributed by atoms with E-state index in [1.54, 1.807) is 18.3 Å². The van der Waals surface area contributed by atoms with Gasteiger partial charge in [0.1, 0.15) is 0 Å². The molecule has 0 saturated heterocycles. The van der Waals surface area contributed by atoms with Gasteiger partial charge in [-0.2, -0.15) is 4.31 Å². The molecule has 1 saturated carbocycles. The lowest BCUT2D eigenvalue weighted by Crippen LogP contribution is -2.33. The number of hydrogen-bond donors (Lipinski definition) is 0. The zero-order valence-electron chi connectivity index (χ0n) is 12.9. The second-order valence-electron chi connectivity index (χ2n) is 5.78. The minimum atomic E-state index is -3.52. The van der Waals surface area contributed by atoms with Crippen molar-refractivity contribution in [2.75, 3.05) is 0 Å². The van der Waals surface area contributed by atoms with E-state index in [4.69, 9.17) is 0 Å². The van der Waals surface area contributed by atoms with Crippen LogP contribution in [0, 0.1) is 10.1 Å². The first kappa shape index (κ1) is 16.5. The molecule has 1 aromatic heterocycles. The molecule has 0 spiro atoms. The van der Waals surface area contributed by atoms with Crippen molar-refractivity contribution in [1.29, 1.82) is 0 Å². The molecule has 1 aromatic carbocycles. The Morgan fingerprint density at radius 2 is 1.88 bits per heavy atom. The smallest absolute Gasteiger partial charge is 0.260 e. The molecule has 0 aliphatic heterocycles. The third-order valence-corrected chi connectivity index (χ3v) is 5.69. The van der Waals surface area contributed by atoms with Crippen LogP contribution in [-0.2, 0) is 22.3 Å². The molecule has 0 unspecified atom stereocenters. The Labute approximate surface area is 140 Å². The average Bonchev–Trinajstić information content (AvgIpc) is 3.38. The van der Waals surface area contributed by atoms with Crippen LogP contribution >= 0.6 is 0 Å². The van der Waals surface area contributed by atoms with Gasteiger partial charge in [0.05, 0.1) is 22.9 Å². The summed E-state index contributed by atoms with van der Waals surface area (Å²) in [6.45, 7) is 0.251. The highest BCUT2D eigenvalue weighted by molar-refractivity contribution is 7.88. The largest absolute Gasteiger partial charge is 0.269 e. The minimum absolute atomic E-state index is 0.0232.